The Morgan fingerprint density at radius 1 is 0.761 bits per heavy atom. The summed E-state index contributed by atoms with van der Waals surface area (Å²) in [7, 11) is 0. The zero-order valence-electron chi connectivity index (χ0n) is 28.4. The van der Waals surface area contributed by atoms with Gasteiger partial charge in [0, 0.05) is 24.9 Å². The Bertz CT molecular complexity index is 1220. The highest BCUT2D eigenvalue weighted by Crippen LogP contribution is 2.32. The molecule has 1 heterocycles. The van der Waals surface area contributed by atoms with E-state index < -0.39 is 65.8 Å². The van der Waals surface area contributed by atoms with Crippen molar-refractivity contribution in [1.29, 1.82) is 0 Å². The van der Waals surface area contributed by atoms with E-state index in [2.05, 4.69) is 5.32 Å². The molecule has 1 aliphatic heterocycles. The molecule has 1 aromatic rings. The Morgan fingerprint density at radius 2 is 1.28 bits per heavy atom. The second-order valence-corrected chi connectivity index (χ2v) is 12.8. The Hall–Kier alpha value is -3.87. The van der Waals surface area contributed by atoms with Crippen LogP contribution in [0.3, 0.4) is 0 Å². The van der Waals surface area contributed by atoms with Gasteiger partial charge in [0.2, 0.25) is 12.4 Å². The molecule has 0 bridgehead atoms. The van der Waals surface area contributed by atoms with E-state index in [0.717, 1.165) is 0 Å². The van der Waals surface area contributed by atoms with Gasteiger partial charge in [-0.1, -0.05) is 20.8 Å². The lowest BCUT2D eigenvalue weighted by Gasteiger charge is -2.40. The fourth-order valence-electron chi connectivity index (χ4n) is 4.22. The van der Waals surface area contributed by atoms with E-state index in [9.17, 15) is 24.0 Å². The van der Waals surface area contributed by atoms with Crippen molar-refractivity contribution in [2.24, 2.45) is 0 Å². The topological polar surface area (TPSA) is 162 Å². The van der Waals surface area contributed by atoms with Crippen LogP contribution in [0.5, 0.6) is 5.75 Å². The number of amides is 1. The molecule has 4 atom stereocenters. The van der Waals surface area contributed by atoms with Gasteiger partial charge in [0.1, 0.15) is 22.5 Å². The highest BCUT2D eigenvalue weighted by atomic mass is 16.7. The average molecular weight is 652 g/mol. The fraction of sp³-hybridized carbons (Fsp3) is 0.667. The number of esters is 4. The molecule has 13 nitrogen and oxygen atoms in total. The number of benzene rings is 1. The molecule has 0 aliphatic carbocycles. The maximum Gasteiger partial charge on any atom is 0.412 e. The van der Waals surface area contributed by atoms with Crippen molar-refractivity contribution in [3.63, 3.8) is 0 Å². The highest BCUT2D eigenvalue weighted by Gasteiger charge is 2.49. The van der Waals surface area contributed by atoms with Crippen LogP contribution in [0.25, 0.3) is 0 Å². The van der Waals surface area contributed by atoms with Crippen molar-refractivity contribution in [3.8, 4) is 5.75 Å². The lowest BCUT2D eigenvalue weighted by Crippen LogP contribution is -2.59. The van der Waals surface area contributed by atoms with E-state index in [1.165, 1.54) is 18.2 Å². The molecule has 46 heavy (non-hydrogen) atoms. The van der Waals surface area contributed by atoms with Crippen LogP contribution >= 0.6 is 0 Å². The quantitative estimate of drug-likeness (QED) is 0.200. The molecule has 1 aromatic carbocycles. The Balaban J connectivity index is 2.54. The normalized spacial score (nSPS) is 19.8. The van der Waals surface area contributed by atoms with Crippen LogP contribution in [-0.2, 0) is 42.8 Å². The van der Waals surface area contributed by atoms with Gasteiger partial charge in [0.25, 0.3) is 0 Å². The first-order chi connectivity index (χ1) is 21.5. The third-order valence-corrected chi connectivity index (χ3v) is 6.05. The minimum Gasteiger partial charge on any atom is -0.460 e. The van der Waals surface area contributed by atoms with Crippen molar-refractivity contribution >= 4 is 35.7 Å². The molecule has 1 saturated heterocycles. The van der Waals surface area contributed by atoms with E-state index >= 15 is 0 Å². The van der Waals surface area contributed by atoms with Gasteiger partial charge in [-0.25, -0.2) is 9.59 Å². The SMILES string of the molecule is CCCC(=O)O[C@H]1[C@H](OC(=O)CCC)COC(Oc2ccc(NC(=O)OC(C)(C)C)cc2C(=O)OC(C)(C)C)[C@@H]1OC(=O)CCC. The van der Waals surface area contributed by atoms with Crippen LogP contribution in [0.2, 0.25) is 0 Å². The molecule has 258 valence electrons. The van der Waals surface area contributed by atoms with Crippen LogP contribution in [0.1, 0.15) is 111 Å². The van der Waals surface area contributed by atoms with E-state index in [4.69, 9.17) is 33.2 Å². The molecular weight excluding hydrogens is 602 g/mol. The Kier molecular flexibility index (Phi) is 14.3. The maximum atomic E-state index is 13.4. The largest absolute Gasteiger partial charge is 0.460 e. The zero-order chi connectivity index (χ0) is 34.7. The predicted octanol–water partition coefficient (Wildman–Crippen LogP) is 5.86. The monoisotopic (exact) mass is 651 g/mol. The second-order valence-electron chi connectivity index (χ2n) is 12.8. The molecule has 13 heteroatoms. The van der Waals surface area contributed by atoms with Gasteiger partial charge in [-0.2, -0.15) is 0 Å². The first-order valence-electron chi connectivity index (χ1n) is 15.7. The number of hydrogen-bond donors (Lipinski definition) is 1. The number of nitrogens with one attached hydrogen (secondary N) is 1. The lowest BCUT2D eigenvalue weighted by molar-refractivity contribution is -0.261. The predicted molar refractivity (Wildman–Crippen MR) is 166 cm³/mol. The molecule has 1 N–H and O–H groups in total. The van der Waals surface area contributed by atoms with Crippen molar-refractivity contribution in [2.45, 2.75) is 137 Å². The minimum absolute atomic E-state index is 0.0365. The van der Waals surface area contributed by atoms with E-state index in [-0.39, 0.29) is 42.9 Å². The number of hydrogen-bond acceptors (Lipinski definition) is 12. The van der Waals surface area contributed by atoms with Crippen LogP contribution in [0.15, 0.2) is 18.2 Å². The van der Waals surface area contributed by atoms with Gasteiger partial charge < -0.3 is 33.2 Å². The minimum atomic E-state index is -1.40. The third-order valence-electron chi connectivity index (χ3n) is 6.05. The second kappa shape index (κ2) is 17.2. The van der Waals surface area contributed by atoms with E-state index in [1.807, 2.05) is 6.92 Å². The lowest BCUT2D eigenvalue weighted by atomic mass is 10.0. The van der Waals surface area contributed by atoms with Gasteiger partial charge in [0.05, 0.1) is 6.61 Å². The van der Waals surface area contributed by atoms with Crippen molar-refractivity contribution < 1.29 is 57.1 Å². The summed E-state index contributed by atoms with van der Waals surface area (Å²) in [6.07, 6.45) is -4.14. The molecule has 0 aromatic heterocycles. The summed E-state index contributed by atoms with van der Waals surface area (Å²) in [5.74, 6) is -2.56. The van der Waals surface area contributed by atoms with Gasteiger partial charge >= 0.3 is 30.0 Å². The summed E-state index contributed by atoms with van der Waals surface area (Å²) in [6, 6.07) is 4.23. The summed E-state index contributed by atoms with van der Waals surface area (Å²) in [4.78, 5) is 63.7. The van der Waals surface area contributed by atoms with Crippen LogP contribution in [-0.4, -0.2) is 72.4 Å². The third kappa shape index (κ3) is 12.9. The van der Waals surface area contributed by atoms with Crippen molar-refractivity contribution in [3.05, 3.63) is 23.8 Å². The maximum absolute atomic E-state index is 13.4. The summed E-state index contributed by atoms with van der Waals surface area (Å²) in [5, 5.41) is 2.58. The molecule has 1 unspecified atom stereocenters. The molecule has 0 saturated carbocycles. The highest BCUT2D eigenvalue weighted by molar-refractivity contribution is 5.95. The Morgan fingerprint density at radius 3 is 1.80 bits per heavy atom. The zero-order valence-corrected chi connectivity index (χ0v) is 28.4. The first-order valence-corrected chi connectivity index (χ1v) is 15.7. The van der Waals surface area contributed by atoms with Crippen LogP contribution < -0.4 is 10.1 Å². The summed E-state index contributed by atoms with van der Waals surface area (Å²) in [6.45, 7) is 15.4. The average Bonchev–Trinajstić information content (AvgIpc) is 2.91. The first kappa shape index (κ1) is 38.3. The summed E-state index contributed by atoms with van der Waals surface area (Å²) >= 11 is 0. The van der Waals surface area contributed by atoms with Crippen molar-refractivity contribution in [2.75, 3.05) is 11.9 Å². The number of anilines is 1. The molecule has 2 rings (SSSR count). The molecular formula is C33H49NO12. The number of carbonyl (C=O) groups is 5. The van der Waals surface area contributed by atoms with Crippen molar-refractivity contribution in [1.82, 2.24) is 0 Å². The fourth-order valence-corrected chi connectivity index (χ4v) is 4.22. The van der Waals surface area contributed by atoms with E-state index in [0.29, 0.717) is 19.3 Å². The number of rotatable bonds is 13. The molecule has 1 amide bonds. The number of ether oxygens (including phenoxy) is 7. The molecule has 1 aliphatic rings. The van der Waals surface area contributed by atoms with Crippen LogP contribution in [0.4, 0.5) is 10.5 Å². The van der Waals surface area contributed by atoms with Gasteiger partial charge in [-0.15, -0.1) is 0 Å². The van der Waals surface area contributed by atoms with Gasteiger partial charge in [0.15, 0.2) is 12.2 Å². The van der Waals surface area contributed by atoms with E-state index in [1.54, 1.807) is 55.4 Å². The molecule has 0 spiro atoms. The number of carbonyl (C=O) groups excluding carboxylic acids is 5. The molecule has 1 fully saturated rings. The smallest absolute Gasteiger partial charge is 0.412 e. The summed E-state index contributed by atoms with van der Waals surface area (Å²) < 4.78 is 40.0. The van der Waals surface area contributed by atoms with Gasteiger partial charge in [-0.3, -0.25) is 19.7 Å². The molecule has 0 radical (unpaired) electrons. The Labute approximate surface area is 270 Å². The summed E-state index contributed by atoms with van der Waals surface area (Å²) in [5.41, 5.74) is -1.51. The van der Waals surface area contributed by atoms with Gasteiger partial charge in [-0.05, 0) is 79.0 Å². The standard InChI is InChI=1S/C33H49NO12/c1-10-13-24(35)41-23-19-40-30(28(44-26(37)15-12-3)27(23)43-25(36)14-11-2)42-22-17-16-20(34-31(39)46-33(7,8)9)18-21(22)29(38)45-32(4,5)6/h16-18,23,27-28,30H,10-15,19H2,1-9H3,(H,34,39)/t23-,27+,28-,30?/m1/s1. The van der Waals surface area contributed by atoms with Crippen LogP contribution in [0, 0.1) is 0 Å².